The number of rotatable bonds is 4. The number of hydrogen-bond donors (Lipinski definition) is 2. The zero-order valence-corrected chi connectivity index (χ0v) is 15.2. The Morgan fingerprint density at radius 3 is 2.59 bits per heavy atom. The normalized spacial score (nSPS) is 17.9. The van der Waals surface area contributed by atoms with E-state index in [9.17, 15) is 9.59 Å². The van der Waals surface area contributed by atoms with Crippen LogP contribution in [0.5, 0.6) is 0 Å². The minimum absolute atomic E-state index is 0.0908. The highest BCUT2D eigenvalue weighted by Gasteiger charge is 2.32. The molecule has 3 aromatic carbocycles. The molecule has 1 heterocycles. The Hall–Kier alpha value is -3.12. The number of carbonyl (C=O) groups excluding carboxylic acids is 2. The Labute approximate surface area is 160 Å². The van der Waals surface area contributed by atoms with Crippen molar-refractivity contribution < 1.29 is 9.59 Å². The molecule has 2 amide bonds. The van der Waals surface area contributed by atoms with Crippen LogP contribution >= 0.6 is 11.8 Å². The van der Waals surface area contributed by atoms with E-state index in [1.807, 2.05) is 72.8 Å². The van der Waals surface area contributed by atoms with Crippen molar-refractivity contribution in [2.24, 2.45) is 4.99 Å². The zero-order chi connectivity index (χ0) is 18.6. The number of anilines is 1. The van der Waals surface area contributed by atoms with Crippen LogP contribution < -0.4 is 10.6 Å². The van der Waals surface area contributed by atoms with Gasteiger partial charge in [-0.15, -0.1) is 0 Å². The van der Waals surface area contributed by atoms with Gasteiger partial charge in [-0.3, -0.25) is 9.59 Å². The standard InChI is InChI=1S/C21H17N3O2S/c25-19(23-17-12-6-8-14-7-4-5-11-16(14)17)13-18-20(26)24-21(27-18)22-15-9-2-1-3-10-15/h1-12,18H,13H2,(H,23,25)(H,22,24,26). The first-order chi connectivity index (χ1) is 13.2. The van der Waals surface area contributed by atoms with Gasteiger partial charge in [0.05, 0.1) is 5.69 Å². The zero-order valence-electron chi connectivity index (χ0n) is 14.4. The molecule has 0 saturated carbocycles. The lowest BCUT2D eigenvalue weighted by molar-refractivity contribution is -0.122. The van der Waals surface area contributed by atoms with E-state index in [4.69, 9.17) is 0 Å². The van der Waals surface area contributed by atoms with Crippen molar-refractivity contribution in [1.29, 1.82) is 0 Å². The van der Waals surface area contributed by atoms with Crippen LogP contribution in [0.4, 0.5) is 11.4 Å². The van der Waals surface area contributed by atoms with E-state index in [2.05, 4.69) is 15.6 Å². The number of benzene rings is 3. The third-order valence-corrected chi connectivity index (χ3v) is 5.28. The lowest BCUT2D eigenvalue weighted by Gasteiger charge is -2.10. The van der Waals surface area contributed by atoms with Gasteiger partial charge in [-0.1, -0.05) is 66.4 Å². The Kier molecular flexibility index (Phi) is 4.89. The summed E-state index contributed by atoms with van der Waals surface area (Å²) < 4.78 is 0. The molecule has 4 rings (SSSR count). The fraction of sp³-hybridized carbons (Fsp3) is 0.0952. The predicted molar refractivity (Wildman–Crippen MR) is 110 cm³/mol. The summed E-state index contributed by atoms with van der Waals surface area (Å²) in [5.41, 5.74) is 1.51. The highest BCUT2D eigenvalue weighted by molar-refractivity contribution is 8.15. The van der Waals surface area contributed by atoms with E-state index in [-0.39, 0.29) is 18.2 Å². The fourth-order valence-corrected chi connectivity index (χ4v) is 3.90. The van der Waals surface area contributed by atoms with Crippen molar-refractivity contribution >= 4 is 50.9 Å². The van der Waals surface area contributed by atoms with Crippen molar-refractivity contribution in [2.45, 2.75) is 11.7 Å². The lowest BCUT2D eigenvalue weighted by Crippen LogP contribution is -2.28. The largest absolute Gasteiger partial charge is 0.325 e. The van der Waals surface area contributed by atoms with Gasteiger partial charge in [-0.05, 0) is 23.6 Å². The molecule has 6 heteroatoms. The topological polar surface area (TPSA) is 70.6 Å². The van der Waals surface area contributed by atoms with Gasteiger partial charge < -0.3 is 10.6 Å². The van der Waals surface area contributed by atoms with Gasteiger partial charge in [0, 0.05) is 17.5 Å². The average molecular weight is 375 g/mol. The fourth-order valence-electron chi connectivity index (χ4n) is 2.92. The molecule has 0 aliphatic carbocycles. The molecule has 1 atom stereocenters. The number of hydrogen-bond acceptors (Lipinski definition) is 4. The minimum atomic E-state index is -0.484. The maximum Gasteiger partial charge on any atom is 0.240 e. The van der Waals surface area contributed by atoms with Gasteiger partial charge in [0.15, 0.2) is 5.17 Å². The summed E-state index contributed by atoms with van der Waals surface area (Å²) in [6.45, 7) is 0. The van der Waals surface area contributed by atoms with Gasteiger partial charge >= 0.3 is 0 Å². The number of thioether (sulfide) groups is 1. The Morgan fingerprint density at radius 1 is 1.00 bits per heavy atom. The van der Waals surface area contributed by atoms with E-state index in [0.717, 1.165) is 22.1 Å². The molecule has 27 heavy (non-hydrogen) atoms. The number of fused-ring (bicyclic) bond motifs is 1. The van der Waals surface area contributed by atoms with Crippen molar-refractivity contribution in [3.05, 3.63) is 72.8 Å². The SMILES string of the molecule is O=C(CC1SC(=Nc2ccccc2)NC1=O)Nc1cccc2ccccc12. The van der Waals surface area contributed by atoms with Crippen molar-refractivity contribution in [2.75, 3.05) is 5.32 Å². The number of amides is 2. The quantitative estimate of drug-likeness (QED) is 0.722. The van der Waals surface area contributed by atoms with Crippen LogP contribution in [0.25, 0.3) is 10.8 Å². The summed E-state index contributed by atoms with van der Waals surface area (Å²) >= 11 is 1.28. The van der Waals surface area contributed by atoms with Crippen molar-refractivity contribution in [1.82, 2.24) is 5.32 Å². The second kappa shape index (κ2) is 7.63. The van der Waals surface area contributed by atoms with Crippen LogP contribution in [-0.4, -0.2) is 22.2 Å². The van der Waals surface area contributed by atoms with Gasteiger partial charge in [-0.2, -0.15) is 0 Å². The molecule has 0 spiro atoms. The van der Waals surface area contributed by atoms with Gasteiger partial charge in [0.2, 0.25) is 11.8 Å². The first-order valence-electron chi connectivity index (χ1n) is 8.58. The van der Waals surface area contributed by atoms with Gasteiger partial charge in [0.25, 0.3) is 0 Å². The number of nitrogens with zero attached hydrogens (tertiary/aromatic N) is 1. The first kappa shape index (κ1) is 17.3. The summed E-state index contributed by atoms with van der Waals surface area (Å²) in [5, 5.41) is 7.74. The third kappa shape index (κ3) is 4.01. The van der Waals surface area contributed by atoms with Crippen LogP contribution in [-0.2, 0) is 9.59 Å². The molecule has 1 aliphatic heterocycles. The number of nitrogens with one attached hydrogen (secondary N) is 2. The van der Waals surface area contributed by atoms with Crippen LogP contribution in [0.15, 0.2) is 77.8 Å². The average Bonchev–Trinajstić information content (AvgIpc) is 3.01. The van der Waals surface area contributed by atoms with Gasteiger partial charge in [-0.25, -0.2) is 4.99 Å². The van der Waals surface area contributed by atoms with Gasteiger partial charge in [0.1, 0.15) is 5.25 Å². The molecule has 134 valence electrons. The third-order valence-electron chi connectivity index (χ3n) is 4.20. The molecular weight excluding hydrogens is 358 g/mol. The molecule has 0 aromatic heterocycles. The van der Waals surface area contributed by atoms with Crippen molar-refractivity contribution in [3.63, 3.8) is 0 Å². The number of carbonyl (C=O) groups is 2. The second-order valence-corrected chi connectivity index (χ2v) is 7.32. The highest BCUT2D eigenvalue weighted by atomic mass is 32.2. The number of amidine groups is 1. The van der Waals surface area contributed by atoms with E-state index >= 15 is 0 Å². The minimum Gasteiger partial charge on any atom is -0.325 e. The first-order valence-corrected chi connectivity index (χ1v) is 9.46. The monoisotopic (exact) mass is 375 g/mol. The maximum absolute atomic E-state index is 12.5. The lowest BCUT2D eigenvalue weighted by atomic mass is 10.1. The predicted octanol–water partition coefficient (Wildman–Crippen LogP) is 4.09. The number of para-hydroxylation sites is 1. The van der Waals surface area contributed by atoms with Crippen LogP contribution in [0.1, 0.15) is 6.42 Å². The Morgan fingerprint density at radius 2 is 1.74 bits per heavy atom. The number of aliphatic imine (C=N–C) groups is 1. The molecule has 0 radical (unpaired) electrons. The van der Waals surface area contributed by atoms with E-state index in [1.54, 1.807) is 0 Å². The smallest absolute Gasteiger partial charge is 0.240 e. The van der Waals surface area contributed by atoms with Crippen LogP contribution in [0, 0.1) is 0 Å². The highest BCUT2D eigenvalue weighted by Crippen LogP contribution is 2.27. The molecule has 1 saturated heterocycles. The molecule has 2 N–H and O–H groups in total. The summed E-state index contributed by atoms with van der Waals surface area (Å²) in [7, 11) is 0. The summed E-state index contributed by atoms with van der Waals surface area (Å²) in [5.74, 6) is -0.386. The summed E-state index contributed by atoms with van der Waals surface area (Å²) in [6, 6.07) is 23.0. The summed E-state index contributed by atoms with van der Waals surface area (Å²) in [4.78, 5) is 29.1. The Balaban J connectivity index is 1.44. The maximum atomic E-state index is 12.5. The van der Waals surface area contributed by atoms with Crippen LogP contribution in [0.3, 0.4) is 0 Å². The van der Waals surface area contributed by atoms with E-state index in [1.165, 1.54) is 11.8 Å². The molecular formula is C21H17N3O2S. The molecule has 1 aliphatic rings. The second-order valence-electron chi connectivity index (χ2n) is 6.13. The van der Waals surface area contributed by atoms with Crippen LogP contribution in [0.2, 0.25) is 0 Å². The van der Waals surface area contributed by atoms with E-state index < -0.39 is 5.25 Å². The van der Waals surface area contributed by atoms with Crippen molar-refractivity contribution in [3.8, 4) is 0 Å². The Bertz CT molecular complexity index is 1030. The van der Waals surface area contributed by atoms with E-state index in [0.29, 0.717) is 5.17 Å². The summed E-state index contributed by atoms with van der Waals surface area (Å²) in [6.07, 6.45) is 0.0908. The molecule has 1 unspecified atom stereocenters. The molecule has 5 nitrogen and oxygen atoms in total. The molecule has 0 bridgehead atoms. The molecule has 3 aromatic rings. The molecule has 1 fully saturated rings.